The summed E-state index contributed by atoms with van der Waals surface area (Å²) in [7, 11) is 0. The number of halogens is 2. The van der Waals surface area contributed by atoms with E-state index in [0.717, 1.165) is 0 Å². The number of hydrogen-bond acceptors (Lipinski definition) is 4. The number of rotatable bonds is 4. The summed E-state index contributed by atoms with van der Waals surface area (Å²) in [6.45, 7) is 5.02. The highest BCUT2D eigenvalue weighted by atomic mass is 35.5. The number of nitrogens with zero attached hydrogens (tertiary/aromatic N) is 2. The fourth-order valence-electron chi connectivity index (χ4n) is 2.44. The molecule has 0 spiro atoms. The fraction of sp³-hybridized carbons (Fsp3) is 0.467. The second-order valence-electron chi connectivity index (χ2n) is 5.04. The largest absolute Gasteiger partial charge is 0.465 e. The van der Waals surface area contributed by atoms with Crippen LogP contribution in [-0.4, -0.2) is 49.1 Å². The van der Waals surface area contributed by atoms with Crippen LogP contribution in [0.3, 0.4) is 0 Å². The lowest BCUT2D eigenvalue weighted by Gasteiger charge is -2.38. The zero-order valence-electron chi connectivity index (χ0n) is 12.5. The summed E-state index contributed by atoms with van der Waals surface area (Å²) < 4.78 is 4.93. The van der Waals surface area contributed by atoms with Gasteiger partial charge in [-0.25, -0.2) is 0 Å². The molecule has 1 aromatic carbocycles. The van der Waals surface area contributed by atoms with Crippen LogP contribution in [0.2, 0.25) is 10.0 Å². The number of amides is 1. The number of esters is 1. The van der Waals surface area contributed by atoms with Crippen LogP contribution in [0.5, 0.6) is 0 Å². The van der Waals surface area contributed by atoms with Gasteiger partial charge in [0.15, 0.2) is 0 Å². The standard InChI is InChI=1S/C15H18Cl2N2O3/c1-3-22-14(20)9-18-6-7-19(15(21)10(18)2)13-5-4-11(16)8-12(13)17/h4-5,8,10H,3,6-7,9H2,1-2H3. The molecule has 120 valence electrons. The van der Waals surface area contributed by atoms with E-state index in [2.05, 4.69) is 0 Å². The normalized spacial score (nSPS) is 19.4. The molecule has 0 N–H and O–H groups in total. The van der Waals surface area contributed by atoms with Crippen molar-refractivity contribution in [3.8, 4) is 0 Å². The molecule has 1 aliphatic rings. The number of hydrogen-bond donors (Lipinski definition) is 0. The smallest absolute Gasteiger partial charge is 0.320 e. The van der Waals surface area contributed by atoms with Crippen molar-refractivity contribution in [3.63, 3.8) is 0 Å². The maximum absolute atomic E-state index is 12.6. The topological polar surface area (TPSA) is 49.9 Å². The molecule has 0 aromatic heterocycles. The second kappa shape index (κ2) is 7.31. The highest BCUT2D eigenvalue weighted by Gasteiger charge is 2.34. The van der Waals surface area contributed by atoms with Crippen molar-refractivity contribution >= 4 is 40.8 Å². The van der Waals surface area contributed by atoms with Crippen molar-refractivity contribution in [1.82, 2.24) is 4.90 Å². The Bertz CT molecular complexity index is 580. The van der Waals surface area contributed by atoms with Gasteiger partial charge in [-0.15, -0.1) is 0 Å². The van der Waals surface area contributed by atoms with Gasteiger partial charge in [0.05, 0.1) is 29.9 Å². The lowest BCUT2D eigenvalue weighted by atomic mass is 10.1. The van der Waals surface area contributed by atoms with E-state index in [-0.39, 0.29) is 18.4 Å². The average molecular weight is 345 g/mol. The van der Waals surface area contributed by atoms with Crippen LogP contribution in [0, 0.1) is 0 Å². The zero-order chi connectivity index (χ0) is 16.3. The first kappa shape index (κ1) is 17.1. The van der Waals surface area contributed by atoms with Crippen molar-refractivity contribution in [2.75, 3.05) is 31.1 Å². The molecule has 0 radical (unpaired) electrons. The van der Waals surface area contributed by atoms with Crippen molar-refractivity contribution in [2.24, 2.45) is 0 Å². The molecule has 1 atom stereocenters. The molecule has 1 aliphatic heterocycles. The van der Waals surface area contributed by atoms with E-state index in [9.17, 15) is 9.59 Å². The van der Waals surface area contributed by atoms with Gasteiger partial charge in [0.1, 0.15) is 0 Å². The molecule has 0 saturated carbocycles. The Hall–Kier alpha value is -1.30. The van der Waals surface area contributed by atoms with Crippen LogP contribution in [0.4, 0.5) is 5.69 Å². The summed E-state index contributed by atoms with van der Waals surface area (Å²) in [5.41, 5.74) is 0.638. The number of piperazine rings is 1. The summed E-state index contributed by atoms with van der Waals surface area (Å²) in [6, 6.07) is 4.63. The van der Waals surface area contributed by atoms with Crippen LogP contribution in [-0.2, 0) is 14.3 Å². The third kappa shape index (κ3) is 3.72. The van der Waals surface area contributed by atoms with Gasteiger partial charge >= 0.3 is 5.97 Å². The number of carbonyl (C=O) groups is 2. The SMILES string of the molecule is CCOC(=O)CN1CCN(c2ccc(Cl)cc2Cl)C(=O)C1C. The van der Waals surface area contributed by atoms with Gasteiger partial charge in [0, 0.05) is 18.1 Å². The molecule has 1 heterocycles. The quantitative estimate of drug-likeness (QED) is 0.787. The summed E-state index contributed by atoms with van der Waals surface area (Å²) >= 11 is 12.1. The predicted octanol–water partition coefficient (Wildman–Crippen LogP) is 2.59. The van der Waals surface area contributed by atoms with Crippen LogP contribution in [0.25, 0.3) is 0 Å². The van der Waals surface area contributed by atoms with Gasteiger partial charge in [-0.1, -0.05) is 23.2 Å². The maximum Gasteiger partial charge on any atom is 0.320 e. The Morgan fingerprint density at radius 1 is 1.36 bits per heavy atom. The first-order chi connectivity index (χ1) is 10.4. The first-order valence-electron chi connectivity index (χ1n) is 7.10. The maximum atomic E-state index is 12.6. The van der Waals surface area contributed by atoms with Gasteiger partial charge in [-0.2, -0.15) is 0 Å². The molecular weight excluding hydrogens is 327 g/mol. The molecule has 1 amide bonds. The summed E-state index contributed by atoms with van der Waals surface area (Å²) in [5.74, 6) is -0.417. The molecular formula is C15H18Cl2N2O3. The van der Waals surface area contributed by atoms with Crippen molar-refractivity contribution in [1.29, 1.82) is 0 Å². The minimum atomic E-state index is -0.412. The highest BCUT2D eigenvalue weighted by molar-refractivity contribution is 6.36. The lowest BCUT2D eigenvalue weighted by molar-refractivity contribution is -0.145. The van der Waals surface area contributed by atoms with E-state index in [1.807, 2.05) is 0 Å². The van der Waals surface area contributed by atoms with E-state index >= 15 is 0 Å². The van der Waals surface area contributed by atoms with Crippen LogP contribution in [0.1, 0.15) is 13.8 Å². The Morgan fingerprint density at radius 2 is 2.09 bits per heavy atom. The number of carbonyl (C=O) groups excluding carboxylic acids is 2. The minimum Gasteiger partial charge on any atom is -0.465 e. The molecule has 22 heavy (non-hydrogen) atoms. The van der Waals surface area contributed by atoms with E-state index in [4.69, 9.17) is 27.9 Å². The molecule has 1 saturated heterocycles. The Kier molecular flexibility index (Phi) is 5.67. The lowest BCUT2D eigenvalue weighted by Crippen LogP contribution is -2.57. The van der Waals surface area contributed by atoms with Crippen LogP contribution in [0.15, 0.2) is 18.2 Å². The molecule has 0 aliphatic carbocycles. The molecule has 1 aromatic rings. The molecule has 5 nitrogen and oxygen atoms in total. The van der Waals surface area contributed by atoms with E-state index in [1.165, 1.54) is 0 Å². The summed E-state index contributed by atoms with van der Waals surface area (Å²) in [5, 5.41) is 0.960. The highest BCUT2D eigenvalue weighted by Crippen LogP contribution is 2.30. The van der Waals surface area contributed by atoms with Gasteiger partial charge < -0.3 is 9.64 Å². The second-order valence-corrected chi connectivity index (χ2v) is 5.88. The van der Waals surface area contributed by atoms with Gasteiger partial charge in [0.2, 0.25) is 5.91 Å². The Morgan fingerprint density at radius 3 is 2.73 bits per heavy atom. The fourth-order valence-corrected chi connectivity index (χ4v) is 2.95. The van der Waals surface area contributed by atoms with Crippen molar-refractivity contribution in [3.05, 3.63) is 28.2 Å². The van der Waals surface area contributed by atoms with Gasteiger partial charge in [-0.3, -0.25) is 14.5 Å². The van der Waals surface area contributed by atoms with Gasteiger partial charge in [0.25, 0.3) is 0 Å². The summed E-state index contributed by atoms with van der Waals surface area (Å²) in [6.07, 6.45) is 0. The third-order valence-corrected chi connectivity index (χ3v) is 4.16. The first-order valence-corrected chi connectivity index (χ1v) is 7.85. The Labute approximate surface area is 139 Å². The molecule has 2 rings (SSSR count). The minimum absolute atomic E-state index is 0.0974. The van der Waals surface area contributed by atoms with Crippen LogP contribution < -0.4 is 4.90 Å². The predicted molar refractivity (Wildman–Crippen MR) is 86.5 cm³/mol. The Balaban J connectivity index is 2.10. The monoisotopic (exact) mass is 344 g/mol. The van der Waals surface area contributed by atoms with Crippen molar-refractivity contribution in [2.45, 2.75) is 19.9 Å². The van der Waals surface area contributed by atoms with E-state index < -0.39 is 6.04 Å². The molecule has 1 unspecified atom stereocenters. The molecule has 0 bridgehead atoms. The average Bonchev–Trinajstić information content (AvgIpc) is 2.45. The zero-order valence-corrected chi connectivity index (χ0v) is 14.0. The van der Waals surface area contributed by atoms with Crippen LogP contribution >= 0.6 is 23.2 Å². The number of benzene rings is 1. The van der Waals surface area contributed by atoms with E-state index in [0.29, 0.717) is 35.4 Å². The summed E-state index contributed by atoms with van der Waals surface area (Å²) in [4.78, 5) is 27.6. The molecule has 1 fully saturated rings. The molecule has 7 heteroatoms. The van der Waals surface area contributed by atoms with Gasteiger partial charge in [-0.05, 0) is 32.0 Å². The number of anilines is 1. The third-order valence-electron chi connectivity index (χ3n) is 3.62. The van der Waals surface area contributed by atoms with Crippen molar-refractivity contribution < 1.29 is 14.3 Å². The van der Waals surface area contributed by atoms with E-state index in [1.54, 1.807) is 41.8 Å². The number of ether oxygens (including phenoxy) is 1.